The van der Waals surface area contributed by atoms with Crippen LogP contribution in [0.5, 0.6) is 5.88 Å². The summed E-state index contributed by atoms with van der Waals surface area (Å²) in [6.07, 6.45) is -3.37. The summed E-state index contributed by atoms with van der Waals surface area (Å²) in [6, 6.07) is 6.20. The van der Waals surface area contributed by atoms with Crippen LogP contribution in [0, 0.1) is 10.1 Å². The molecule has 1 aromatic heterocycles. The van der Waals surface area contributed by atoms with Crippen molar-refractivity contribution in [3.8, 4) is 5.88 Å². The summed E-state index contributed by atoms with van der Waals surface area (Å²) in [7, 11) is 1.55. The minimum absolute atomic E-state index is 0.0269. The van der Waals surface area contributed by atoms with Crippen LogP contribution < -0.4 is 15.4 Å². The van der Waals surface area contributed by atoms with Gasteiger partial charge in [-0.2, -0.15) is 13.2 Å². The second-order valence-electron chi connectivity index (χ2n) is 4.98. The number of carbonyl (C=O) groups excluding carboxylic acids is 1. The molecule has 0 aliphatic heterocycles. The summed E-state index contributed by atoms with van der Waals surface area (Å²) >= 11 is 0. The highest BCUT2D eigenvalue weighted by Gasteiger charge is 2.28. The number of anilines is 2. The molecule has 0 aliphatic rings. The topological polar surface area (TPSA) is 106 Å². The SMILES string of the molecule is CNc1ccc([N+](=O)[O-])cc1C(=O)Nc1ccc(OCC(F)(F)F)nc1. The van der Waals surface area contributed by atoms with E-state index in [0.29, 0.717) is 5.69 Å². The standard InChI is InChI=1S/C15H13F3N4O4/c1-19-12-4-3-10(22(24)25)6-11(12)14(23)21-9-2-5-13(20-7-9)26-8-15(16,17)18/h2-7,19H,8H2,1H3,(H,21,23). The highest BCUT2D eigenvalue weighted by Crippen LogP contribution is 2.23. The first-order chi connectivity index (χ1) is 12.2. The Kier molecular flexibility index (Phi) is 5.60. The Morgan fingerprint density at radius 2 is 2.04 bits per heavy atom. The molecule has 11 heteroatoms. The van der Waals surface area contributed by atoms with Crippen molar-refractivity contribution in [3.63, 3.8) is 0 Å². The van der Waals surface area contributed by atoms with E-state index in [1.54, 1.807) is 7.05 Å². The van der Waals surface area contributed by atoms with Crippen molar-refractivity contribution in [1.82, 2.24) is 4.98 Å². The van der Waals surface area contributed by atoms with Crippen LogP contribution in [0.1, 0.15) is 10.4 Å². The van der Waals surface area contributed by atoms with Gasteiger partial charge in [-0.15, -0.1) is 0 Å². The van der Waals surface area contributed by atoms with E-state index in [-0.39, 0.29) is 22.8 Å². The van der Waals surface area contributed by atoms with Gasteiger partial charge >= 0.3 is 6.18 Å². The number of non-ortho nitro benzene ring substituents is 1. The molecule has 2 aromatic rings. The second-order valence-corrected chi connectivity index (χ2v) is 4.98. The number of carbonyl (C=O) groups is 1. The van der Waals surface area contributed by atoms with Crippen molar-refractivity contribution in [2.45, 2.75) is 6.18 Å². The minimum Gasteiger partial charge on any atom is -0.468 e. The zero-order valence-electron chi connectivity index (χ0n) is 13.3. The molecule has 0 spiro atoms. The van der Waals surface area contributed by atoms with Crippen molar-refractivity contribution >= 4 is 23.0 Å². The van der Waals surface area contributed by atoms with Crippen LogP contribution in [0.25, 0.3) is 0 Å². The summed E-state index contributed by atoms with van der Waals surface area (Å²) in [5.74, 6) is -0.907. The smallest absolute Gasteiger partial charge is 0.422 e. The quantitative estimate of drug-likeness (QED) is 0.597. The molecule has 2 rings (SSSR count). The maximum atomic E-state index is 12.3. The Labute approximate surface area is 145 Å². The van der Waals surface area contributed by atoms with Crippen LogP contribution >= 0.6 is 0 Å². The molecular weight excluding hydrogens is 357 g/mol. The fourth-order valence-corrected chi connectivity index (χ4v) is 1.95. The molecule has 0 saturated carbocycles. The number of pyridine rings is 1. The molecule has 26 heavy (non-hydrogen) atoms. The average molecular weight is 370 g/mol. The summed E-state index contributed by atoms with van der Waals surface area (Å²) in [4.78, 5) is 26.2. The van der Waals surface area contributed by atoms with Gasteiger partial charge in [-0.1, -0.05) is 0 Å². The van der Waals surface area contributed by atoms with Crippen molar-refractivity contribution in [2.75, 3.05) is 24.3 Å². The molecule has 0 atom stereocenters. The van der Waals surface area contributed by atoms with Crippen LogP contribution in [0.2, 0.25) is 0 Å². The second kappa shape index (κ2) is 7.68. The van der Waals surface area contributed by atoms with Crippen LogP contribution in [-0.2, 0) is 0 Å². The van der Waals surface area contributed by atoms with Crippen LogP contribution in [-0.4, -0.2) is 35.6 Å². The first-order valence-electron chi connectivity index (χ1n) is 7.13. The molecule has 2 N–H and O–H groups in total. The summed E-state index contributed by atoms with van der Waals surface area (Å²) in [5, 5.41) is 16.1. The number of alkyl halides is 3. The van der Waals surface area contributed by atoms with Gasteiger partial charge in [-0.25, -0.2) is 4.98 Å². The van der Waals surface area contributed by atoms with E-state index < -0.39 is 23.6 Å². The van der Waals surface area contributed by atoms with Crippen molar-refractivity contribution in [1.29, 1.82) is 0 Å². The normalized spacial score (nSPS) is 10.9. The van der Waals surface area contributed by atoms with Gasteiger partial charge in [-0.05, 0) is 12.1 Å². The third-order valence-corrected chi connectivity index (χ3v) is 3.11. The predicted octanol–water partition coefficient (Wildman–Crippen LogP) is 3.22. The maximum Gasteiger partial charge on any atom is 0.422 e. The molecule has 0 saturated heterocycles. The molecule has 0 bridgehead atoms. The number of amides is 1. The number of rotatable bonds is 6. The molecule has 0 unspecified atom stereocenters. The van der Waals surface area contributed by atoms with E-state index in [1.807, 2.05) is 0 Å². The Hall–Kier alpha value is -3.37. The third kappa shape index (κ3) is 5.06. The van der Waals surface area contributed by atoms with Crippen molar-refractivity contribution < 1.29 is 27.6 Å². The van der Waals surface area contributed by atoms with Gasteiger partial charge < -0.3 is 15.4 Å². The summed E-state index contributed by atoms with van der Waals surface area (Å²) in [5.41, 5.74) is 0.316. The monoisotopic (exact) mass is 370 g/mol. The van der Waals surface area contributed by atoms with E-state index in [2.05, 4.69) is 20.4 Å². The Morgan fingerprint density at radius 1 is 1.31 bits per heavy atom. The van der Waals surface area contributed by atoms with E-state index in [4.69, 9.17) is 0 Å². The summed E-state index contributed by atoms with van der Waals surface area (Å²) < 4.78 is 40.7. The number of aromatic nitrogens is 1. The molecule has 1 heterocycles. The number of hydrogen-bond donors (Lipinski definition) is 2. The van der Waals surface area contributed by atoms with Gasteiger partial charge in [0.2, 0.25) is 5.88 Å². The molecule has 1 amide bonds. The largest absolute Gasteiger partial charge is 0.468 e. The molecule has 138 valence electrons. The maximum absolute atomic E-state index is 12.3. The zero-order valence-corrected chi connectivity index (χ0v) is 13.3. The van der Waals surface area contributed by atoms with E-state index in [0.717, 1.165) is 18.3 Å². The zero-order chi connectivity index (χ0) is 19.3. The number of nitro benzene ring substituents is 1. The minimum atomic E-state index is -4.49. The van der Waals surface area contributed by atoms with E-state index in [9.17, 15) is 28.1 Å². The summed E-state index contributed by atoms with van der Waals surface area (Å²) in [6.45, 7) is -1.48. The van der Waals surface area contributed by atoms with Gasteiger partial charge in [0.05, 0.1) is 22.4 Å². The fraction of sp³-hybridized carbons (Fsp3) is 0.200. The van der Waals surface area contributed by atoms with Gasteiger partial charge in [0.25, 0.3) is 11.6 Å². The molecule has 0 fully saturated rings. The lowest BCUT2D eigenvalue weighted by Gasteiger charge is -2.11. The Bertz CT molecular complexity index is 810. The lowest BCUT2D eigenvalue weighted by atomic mass is 10.1. The van der Waals surface area contributed by atoms with Crippen molar-refractivity contribution in [2.24, 2.45) is 0 Å². The number of nitrogens with one attached hydrogen (secondary N) is 2. The van der Waals surface area contributed by atoms with Crippen LogP contribution in [0.3, 0.4) is 0 Å². The lowest BCUT2D eigenvalue weighted by molar-refractivity contribution is -0.384. The Balaban J connectivity index is 2.12. The van der Waals surface area contributed by atoms with Gasteiger partial charge in [-0.3, -0.25) is 14.9 Å². The van der Waals surface area contributed by atoms with E-state index in [1.165, 1.54) is 18.2 Å². The van der Waals surface area contributed by atoms with Crippen molar-refractivity contribution in [3.05, 3.63) is 52.2 Å². The number of halogens is 3. The molecule has 0 aliphatic carbocycles. The molecule has 1 aromatic carbocycles. The van der Waals surface area contributed by atoms with Gasteiger partial charge in [0.15, 0.2) is 6.61 Å². The highest BCUT2D eigenvalue weighted by atomic mass is 19.4. The average Bonchev–Trinajstić information content (AvgIpc) is 2.59. The number of nitrogens with zero attached hydrogens (tertiary/aromatic N) is 2. The third-order valence-electron chi connectivity index (χ3n) is 3.11. The molecular formula is C15H13F3N4O4. The predicted molar refractivity (Wildman–Crippen MR) is 86.4 cm³/mol. The lowest BCUT2D eigenvalue weighted by Crippen LogP contribution is -2.19. The van der Waals surface area contributed by atoms with E-state index >= 15 is 0 Å². The Morgan fingerprint density at radius 3 is 2.58 bits per heavy atom. The molecule has 8 nitrogen and oxygen atoms in total. The first kappa shape index (κ1) is 19.0. The molecule has 0 radical (unpaired) electrons. The van der Waals surface area contributed by atoms with Gasteiger partial charge in [0, 0.05) is 30.9 Å². The van der Waals surface area contributed by atoms with Crippen LogP contribution in [0.15, 0.2) is 36.5 Å². The van der Waals surface area contributed by atoms with Crippen LogP contribution in [0.4, 0.5) is 30.2 Å². The highest BCUT2D eigenvalue weighted by molar-refractivity contribution is 6.08. The number of benzene rings is 1. The number of ether oxygens (including phenoxy) is 1. The number of hydrogen-bond acceptors (Lipinski definition) is 6. The number of nitro groups is 1. The first-order valence-corrected chi connectivity index (χ1v) is 7.13. The van der Waals surface area contributed by atoms with Gasteiger partial charge in [0.1, 0.15) is 0 Å². The fourth-order valence-electron chi connectivity index (χ4n) is 1.95.